The number of amidine groups is 1. The molecule has 3 atom stereocenters. The molecule has 0 aliphatic heterocycles. The van der Waals surface area contributed by atoms with Crippen molar-refractivity contribution in [3.8, 4) is 0 Å². The molecule has 48 heavy (non-hydrogen) atoms. The number of guanidine groups is 1. The lowest BCUT2D eigenvalue weighted by Crippen LogP contribution is -2.50. The number of nitrogens with two attached hydrogens (primary N) is 4. The largest absolute Gasteiger partial charge is 0.490 e. The second-order valence-corrected chi connectivity index (χ2v) is 10.2. The first kappa shape index (κ1) is 38.2. The first-order valence-corrected chi connectivity index (χ1v) is 14.2. The van der Waals surface area contributed by atoms with Crippen molar-refractivity contribution in [1.82, 2.24) is 15.6 Å². The second kappa shape index (κ2) is 18.2. The van der Waals surface area contributed by atoms with Crippen LogP contribution >= 0.6 is 0 Å². The highest BCUT2D eigenvalue weighted by molar-refractivity contribution is 5.95. The Morgan fingerprint density at radius 3 is 1.98 bits per heavy atom. The number of aliphatic imine (C=N–C) groups is 1. The van der Waals surface area contributed by atoms with E-state index in [1.165, 1.54) is 0 Å². The number of carbonyl (C=O) groups excluding carboxylic acids is 3. The summed E-state index contributed by atoms with van der Waals surface area (Å²) in [7, 11) is 0. The van der Waals surface area contributed by atoms with Gasteiger partial charge in [-0.15, -0.1) is 0 Å². The van der Waals surface area contributed by atoms with Crippen LogP contribution in [0.4, 0.5) is 13.2 Å². The summed E-state index contributed by atoms with van der Waals surface area (Å²) in [4.78, 5) is 56.4. The van der Waals surface area contributed by atoms with Crippen LogP contribution in [0.25, 0.3) is 0 Å². The quantitative estimate of drug-likeness (QED) is 0.0694. The molecule has 17 heteroatoms. The number of halogens is 3. The molecule has 1 aromatic heterocycles. The van der Waals surface area contributed by atoms with E-state index in [4.69, 9.17) is 38.2 Å². The van der Waals surface area contributed by atoms with E-state index < -0.39 is 47.9 Å². The van der Waals surface area contributed by atoms with Gasteiger partial charge in [-0.1, -0.05) is 60.7 Å². The van der Waals surface area contributed by atoms with E-state index >= 15 is 0 Å². The first-order chi connectivity index (χ1) is 22.6. The molecule has 12 N–H and O–H groups in total. The standard InChI is InChI=1S/C29H35N9O3.C2HF3O2/c30-25(31)20-12-10-18(11-13-20)16-22(21-8-4-14-35-17-21)27(40)38-24(19-6-2-1-3-7-19)28(41)37-23(26(32)39)9-5-15-36-29(33)34;3-2(4,5)1(6)7/h1-4,6-8,10-14,17,22-24H,5,9,15-16H2,(H3,30,31)(H2,32,39)(H,37,41)(H,38,40)(H4,33,34,36);(H,6,7)/t22-,23+,24+;/m1./s1. The summed E-state index contributed by atoms with van der Waals surface area (Å²) in [6, 6.07) is 17.2. The molecule has 0 aliphatic rings. The number of amides is 3. The highest BCUT2D eigenvalue weighted by atomic mass is 19.4. The minimum absolute atomic E-state index is 0.0553. The van der Waals surface area contributed by atoms with Crippen molar-refractivity contribution in [3.63, 3.8) is 0 Å². The van der Waals surface area contributed by atoms with Gasteiger partial charge >= 0.3 is 12.1 Å². The predicted molar refractivity (Wildman–Crippen MR) is 170 cm³/mol. The number of pyridine rings is 1. The van der Waals surface area contributed by atoms with E-state index in [0.717, 1.165) is 5.56 Å². The molecule has 0 unspecified atom stereocenters. The fourth-order valence-electron chi connectivity index (χ4n) is 4.23. The Bertz CT molecular complexity index is 1570. The Hall–Kier alpha value is -6.00. The van der Waals surface area contributed by atoms with Crippen LogP contribution in [0.5, 0.6) is 0 Å². The third-order valence-electron chi connectivity index (χ3n) is 6.64. The van der Waals surface area contributed by atoms with Gasteiger partial charge in [0, 0.05) is 24.5 Å². The Balaban J connectivity index is 0.00000103. The number of hydrogen-bond acceptors (Lipinski definition) is 7. The number of primary amides is 1. The van der Waals surface area contributed by atoms with Gasteiger partial charge in [0.05, 0.1) is 5.92 Å². The summed E-state index contributed by atoms with van der Waals surface area (Å²) in [5.74, 6) is -5.31. The molecular weight excluding hydrogens is 635 g/mol. The lowest BCUT2D eigenvalue weighted by Gasteiger charge is -2.25. The number of carboxylic acids is 1. The zero-order valence-corrected chi connectivity index (χ0v) is 25.5. The van der Waals surface area contributed by atoms with E-state index in [2.05, 4.69) is 20.6 Å². The molecule has 0 saturated carbocycles. The van der Waals surface area contributed by atoms with Crippen LogP contribution in [0.15, 0.2) is 84.1 Å². The molecule has 14 nitrogen and oxygen atoms in total. The molecule has 0 bridgehead atoms. The molecule has 0 spiro atoms. The molecule has 0 saturated heterocycles. The highest BCUT2D eigenvalue weighted by Crippen LogP contribution is 2.24. The minimum Gasteiger partial charge on any atom is -0.475 e. The fourth-order valence-corrected chi connectivity index (χ4v) is 4.23. The fraction of sp³-hybridized carbons (Fsp3) is 0.258. The van der Waals surface area contributed by atoms with Crippen LogP contribution in [0, 0.1) is 5.41 Å². The van der Waals surface area contributed by atoms with E-state index in [1.54, 1.807) is 79.1 Å². The van der Waals surface area contributed by atoms with Gasteiger partial charge in [0.25, 0.3) is 0 Å². The SMILES string of the molecule is N=C(N)c1ccc(C[C@@H](C(=O)N[C@H](C(=O)N[C@@H](CCCN=C(N)N)C(N)=O)c2ccccc2)c2cccnc2)cc1.O=C(O)C(F)(F)F. The van der Waals surface area contributed by atoms with Crippen molar-refractivity contribution >= 4 is 35.5 Å². The summed E-state index contributed by atoms with van der Waals surface area (Å²) < 4.78 is 31.7. The van der Waals surface area contributed by atoms with Gasteiger partial charge in [0.1, 0.15) is 17.9 Å². The lowest BCUT2D eigenvalue weighted by atomic mass is 9.91. The maximum Gasteiger partial charge on any atom is 0.490 e. The van der Waals surface area contributed by atoms with Crippen molar-refractivity contribution in [2.75, 3.05) is 6.54 Å². The van der Waals surface area contributed by atoms with Crippen molar-refractivity contribution in [3.05, 3.63) is 101 Å². The van der Waals surface area contributed by atoms with E-state index in [-0.39, 0.29) is 24.8 Å². The van der Waals surface area contributed by atoms with Crippen LogP contribution < -0.4 is 33.6 Å². The second-order valence-electron chi connectivity index (χ2n) is 10.2. The number of nitrogens with one attached hydrogen (secondary N) is 3. The maximum atomic E-state index is 13.8. The first-order valence-electron chi connectivity index (χ1n) is 14.2. The van der Waals surface area contributed by atoms with Gasteiger partial charge in [0.2, 0.25) is 17.7 Å². The van der Waals surface area contributed by atoms with Gasteiger partial charge in [-0.25, -0.2) is 4.79 Å². The number of benzene rings is 2. The van der Waals surface area contributed by atoms with Crippen LogP contribution in [-0.4, -0.2) is 64.3 Å². The van der Waals surface area contributed by atoms with E-state index in [0.29, 0.717) is 29.5 Å². The van der Waals surface area contributed by atoms with Crippen LogP contribution in [0.3, 0.4) is 0 Å². The van der Waals surface area contributed by atoms with E-state index in [1.807, 2.05) is 0 Å². The third-order valence-corrected chi connectivity index (χ3v) is 6.64. The zero-order chi connectivity index (χ0) is 35.9. The normalized spacial score (nSPS) is 12.6. The summed E-state index contributed by atoms with van der Waals surface area (Å²) in [6.07, 6.45) is -0.960. The molecular formula is C31H36F3N9O5. The molecule has 3 amide bonds. The zero-order valence-electron chi connectivity index (χ0n) is 25.5. The lowest BCUT2D eigenvalue weighted by molar-refractivity contribution is -0.192. The molecule has 0 fully saturated rings. The molecule has 3 rings (SSSR count). The highest BCUT2D eigenvalue weighted by Gasteiger charge is 2.38. The number of hydrogen-bond donors (Lipinski definition) is 8. The van der Waals surface area contributed by atoms with Crippen molar-refractivity contribution in [2.24, 2.45) is 27.9 Å². The van der Waals surface area contributed by atoms with Crippen LogP contribution in [-0.2, 0) is 25.6 Å². The Morgan fingerprint density at radius 1 is 0.875 bits per heavy atom. The van der Waals surface area contributed by atoms with Crippen molar-refractivity contribution in [2.45, 2.75) is 43.4 Å². The molecule has 3 aromatic rings. The Morgan fingerprint density at radius 2 is 1.48 bits per heavy atom. The van der Waals surface area contributed by atoms with Crippen molar-refractivity contribution < 1.29 is 37.5 Å². The molecule has 256 valence electrons. The van der Waals surface area contributed by atoms with Crippen molar-refractivity contribution in [1.29, 1.82) is 5.41 Å². The van der Waals surface area contributed by atoms with E-state index in [9.17, 15) is 27.6 Å². The summed E-state index contributed by atoms with van der Waals surface area (Å²) >= 11 is 0. The Kier molecular flexibility index (Phi) is 14.5. The smallest absolute Gasteiger partial charge is 0.475 e. The topological polar surface area (TPSA) is 266 Å². The Labute approximate surface area is 273 Å². The average molecular weight is 672 g/mol. The van der Waals surface area contributed by atoms with Crippen LogP contribution in [0.2, 0.25) is 0 Å². The number of nitrogens with zero attached hydrogens (tertiary/aromatic N) is 2. The number of aliphatic carboxylic acids is 1. The number of carboxylic acid groups (broad SMARTS) is 1. The number of rotatable bonds is 14. The number of carbonyl (C=O) groups is 4. The molecule has 1 heterocycles. The summed E-state index contributed by atoms with van der Waals surface area (Å²) in [5.41, 5.74) is 24.4. The molecule has 0 aliphatic carbocycles. The monoisotopic (exact) mass is 671 g/mol. The third kappa shape index (κ3) is 12.8. The molecule has 0 radical (unpaired) electrons. The van der Waals surface area contributed by atoms with Gasteiger partial charge in [-0.05, 0) is 42.0 Å². The minimum atomic E-state index is -5.08. The number of nitrogen functional groups attached to an aromatic ring is 1. The van der Waals surface area contributed by atoms with Gasteiger partial charge < -0.3 is 38.7 Å². The van der Waals surface area contributed by atoms with Gasteiger partial charge in [0.15, 0.2) is 5.96 Å². The average Bonchev–Trinajstić information content (AvgIpc) is 3.04. The molecule has 2 aromatic carbocycles. The number of alkyl halides is 3. The van der Waals surface area contributed by atoms with Gasteiger partial charge in [-0.2, -0.15) is 13.2 Å². The van der Waals surface area contributed by atoms with Crippen LogP contribution in [0.1, 0.15) is 47.1 Å². The summed E-state index contributed by atoms with van der Waals surface area (Å²) in [6.45, 7) is 0.265. The predicted octanol–water partition coefficient (Wildman–Crippen LogP) is 1.21. The summed E-state index contributed by atoms with van der Waals surface area (Å²) in [5, 5.41) is 20.3. The van der Waals surface area contributed by atoms with Gasteiger partial charge in [-0.3, -0.25) is 29.8 Å². The maximum absolute atomic E-state index is 13.8. The number of aromatic nitrogens is 1.